The Morgan fingerprint density at radius 1 is 1.29 bits per heavy atom. The van der Waals surface area contributed by atoms with Gasteiger partial charge in [0, 0.05) is 5.56 Å². The maximum Gasteiger partial charge on any atom is 0.257 e. The van der Waals surface area contributed by atoms with Crippen molar-refractivity contribution in [1.82, 2.24) is 4.98 Å². The summed E-state index contributed by atoms with van der Waals surface area (Å²) in [6.07, 6.45) is 0. The van der Waals surface area contributed by atoms with Gasteiger partial charge in [-0.3, -0.25) is 10.1 Å². The monoisotopic (exact) mass is 302 g/mol. The lowest BCUT2D eigenvalue weighted by Crippen LogP contribution is -2.11. The van der Waals surface area contributed by atoms with Gasteiger partial charge in [-0.05, 0) is 30.3 Å². The summed E-state index contributed by atoms with van der Waals surface area (Å²) in [4.78, 5) is 16.3. The third-order valence-electron chi connectivity index (χ3n) is 2.92. The number of fused-ring (bicyclic) bond motifs is 1. The zero-order valence-electron chi connectivity index (χ0n) is 11.1. The highest BCUT2D eigenvalue weighted by molar-refractivity contribution is 7.22. The van der Waals surface area contributed by atoms with Crippen molar-refractivity contribution in [1.29, 1.82) is 0 Å². The van der Waals surface area contributed by atoms with Gasteiger partial charge in [0.05, 0.1) is 11.8 Å². The average Bonchev–Trinajstić information content (AvgIpc) is 2.91. The summed E-state index contributed by atoms with van der Waals surface area (Å²) in [5.41, 5.74) is 0.720. The van der Waals surface area contributed by atoms with Gasteiger partial charge in [-0.15, -0.1) is 0 Å². The van der Waals surface area contributed by atoms with Crippen LogP contribution in [0.2, 0.25) is 0 Å². The summed E-state index contributed by atoms with van der Waals surface area (Å²) < 4.78 is 19.3. The molecule has 0 aliphatic carbocycles. The molecule has 106 valence electrons. The lowest BCUT2D eigenvalue weighted by Gasteiger charge is -2.03. The third kappa shape index (κ3) is 2.71. The van der Waals surface area contributed by atoms with Crippen LogP contribution in [0.15, 0.2) is 42.5 Å². The first kappa shape index (κ1) is 13.5. The normalized spacial score (nSPS) is 10.6. The number of hydrogen-bond donors (Lipinski definition) is 1. The number of nitrogens with one attached hydrogen (secondary N) is 1. The number of halogens is 1. The SMILES string of the molecule is COc1cccc(C(=O)Nc2nc3c(F)cccc3s2)c1. The van der Waals surface area contributed by atoms with Crippen molar-refractivity contribution in [3.05, 3.63) is 53.8 Å². The topological polar surface area (TPSA) is 51.2 Å². The molecular formula is C15H11FN2O2S. The number of hydrogen-bond acceptors (Lipinski definition) is 4. The summed E-state index contributed by atoms with van der Waals surface area (Å²) in [5.74, 6) is -0.114. The van der Waals surface area contributed by atoms with Gasteiger partial charge in [-0.1, -0.05) is 23.5 Å². The second-order valence-corrected chi connectivity index (χ2v) is 5.32. The van der Waals surface area contributed by atoms with Crippen LogP contribution in [-0.2, 0) is 0 Å². The highest BCUT2D eigenvalue weighted by Crippen LogP contribution is 2.28. The quantitative estimate of drug-likeness (QED) is 0.802. The largest absolute Gasteiger partial charge is 0.497 e. The first-order valence-corrected chi connectivity index (χ1v) is 6.99. The number of nitrogens with zero attached hydrogens (tertiary/aromatic N) is 1. The Labute approximate surface area is 124 Å². The Morgan fingerprint density at radius 2 is 2.10 bits per heavy atom. The van der Waals surface area contributed by atoms with E-state index < -0.39 is 5.82 Å². The van der Waals surface area contributed by atoms with Crippen LogP contribution >= 0.6 is 11.3 Å². The summed E-state index contributed by atoms with van der Waals surface area (Å²) in [5, 5.41) is 3.04. The van der Waals surface area contributed by atoms with Crippen LogP contribution < -0.4 is 10.1 Å². The Balaban J connectivity index is 1.87. The van der Waals surface area contributed by atoms with Crippen LogP contribution in [0.4, 0.5) is 9.52 Å². The van der Waals surface area contributed by atoms with E-state index in [0.717, 1.165) is 0 Å². The fourth-order valence-corrected chi connectivity index (χ4v) is 2.78. The van der Waals surface area contributed by atoms with E-state index in [1.165, 1.54) is 24.5 Å². The van der Waals surface area contributed by atoms with Crippen molar-refractivity contribution in [2.45, 2.75) is 0 Å². The van der Waals surface area contributed by atoms with Crippen LogP contribution in [0.1, 0.15) is 10.4 Å². The molecule has 0 unspecified atom stereocenters. The number of para-hydroxylation sites is 1. The summed E-state index contributed by atoms with van der Waals surface area (Å²) in [6.45, 7) is 0. The molecule has 3 aromatic rings. The fourth-order valence-electron chi connectivity index (χ4n) is 1.90. The first-order valence-electron chi connectivity index (χ1n) is 6.18. The molecule has 21 heavy (non-hydrogen) atoms. The molecule has 1 N–H and O–H groups in total. The highest BCUT2D eigenvalue weighted by Gasteiger charge is 2.12. The van der Waals surface area contributed by atoms with Gasteiger partial charge in [0.25, 0.3) is 5.91 Å². The van der Waals surface area contributed by atoms with E-state index in [-0.39, 0.29) is 11.4 Å². The van der Waals surface area contributed by atoms with Crippen molar-refractivity contribution in [3.8, 4) is 5.75 Å². The number of amides is 1. The zero-order chi connectivity index (χ0) is 14.8. The van der Waals surface area contributed by atoms with Gasteiger partial charge in [-0.2, -0.15) is 0 Å². The van der Waals surface area contributed by atoms with Gasteiger partial charge in [0.1, 0.15) is 17.1 Å². The van der Waals surface area contributed by atoms with E-state index in [1.54, 1.807) is 36.4 Å². The molecule has 0 bridgehead atoms. The number of carbonyl (C=O) groups excluding carboxylic acids is 1. The molecule has 3 rings (SSSR count). The van der Waals surface area contributed by atoms with Gasteiger partial charge >= 0.3 is 0 Å². The van der Waals surface area contributed by atoms with Gasteiger partial charge < -0.3 is 4.74 Å². The zero-order valence-corrected chi connectivity index (χ0v) is 11.9. The first-order chi connectivity index (χ1) is 10.2. The molecule has 1 aromatic heterocycles. The van der Waals surface area contributed by atoms with E-state index in [0.29, 0.717) is 21.1 Å². The van der Waals surface area contributed by atoms with E-state index in [1.807, 2.05) is 0 Å². The predicted molar refractivity (Wildman–Crippen MR) is 80.5 cm³/mol. The van der Waals surface area contributed by atoms with Crippen molar-refractivity contribution >= 4 is 32.6 Å². The number of thiazole rings is 1. The minimum absolute atomic E-state index is 0.267. The number of rotatable bonds is 3. The molecule has 0 spiro atoms. The number of aromatic nitrogens is 1. The maximum absolute atomic E-state index is 13.6. The van der Waals surface area contributed by atoms with E-state index in [9.17, 15) is 9.18 Å². The minimum atomic E-state index is -0.398. The van der Waals surface area contributed by atoms with E-state index >= 15 is 0 Å². The van der Waals surface area contributed by atoms with Crippen LogP contribution in [0.5, 0.6) is 5.75 Å². The summed E-state index contributed by atoms with van der Waals surface area (Å²) >= 11 is 1.23. The fraction of sp³-hybridized carbons (Fsp3) is 0.0667. The second-order valence-electron chi connectivity index (χ2n) is 4.29. The van der Waals surface area contributed by atoms with Gasteiger partial charge in [0.2, 0.25) is 0 Å². The smallest absolute Gasteiger partial charge is 0.257 e. The number of ether oxygens (including phenoxy) is 1. The molecule has 4 nitrogen and oxygen atoms in total. The Morgan fingerprint density at radius 3 is 2.86 bits per heavy atom. The van der Waals surface area contributed by atoms with Crippen molar-refractivity contribution in [2.24, 2.45) is 0 Å². The molecule has 0 radical (unpaired) electrons. The summed E-state index contributed by atoms with van der Waals surface area (Å²) in [7, 11) is 1.54. The third-order valence-corrected chi connectivity index (χ3v) is 3.86. The van der Waals surface area contributed by atoms with Crippen LogP contribution in [-0.4, -0.2) is 18.0 Å². The molecule has 0 saturated carbocycles. The van der Waals surface area contributed by atoms with Crippen molar-refractivity contribution in [3.63, 3.8) is 0 Å². The number of benzene rings is 2. The maximum atomic E-state index is 13.6. The number of carbonyl (C=O) groups is 1. The average molecular weight is 302 g/mol. The van der Waals surface area contributed by atoms with Crippen LogP contribution in [0.25, 0.3) is 10.2 Å². The molecule has 0 aliphatic rings. The van der Waals surface area contributed by atoms with Gasteiger partial charge in [0.15, 0.2) is 5.13 Å². The standard InChI is InChI=1S/C15H11FN2O2S/c1-20-10-5-2-4-9(8-10)14(19)18-15-17-13-11(16)6-3-7-12(13)21-15/h2-8H,1H3,(H,17,18,19). The number of methoxy groups -OCH3 is 1. The molecule has 1 amide bonds. The van der Waals surface area contributed by atoms with Gasteiger partial charge in [-0.25, -0.2) is 9.37 Å². The Hall–Kier alpha value is -2.47. The lowest BCUT2D eigenvalue weighted by atomic mass is 10.2. The second kappa shape index (κ2) is 5.49. The van der Waals surface area contributed by atoms with Crippen molar-refractivity contribution < 1.29 is 13.9 Å². The van der Waals surface area contributed by atoms with E-state index in [2.05, 4.69) is 10.3 Å². The molecule has 0 saturated heterocycles. The summed E-state index contributed by atoms with van der Waals surface area (Å²) in [6, 6.07) is 11.5. The van der Waals surface area contributed by atoms with Crippen LogP contribution in [0, 0.1) is 5.82 Å². The molecule has 0 aliphatic heterocycles. The molecule has 0 atom stereocenters. The highest BCUT2D eigenvalue weighted by atomic mass is 32.1. The van der Waals surface area contributed by atoms with E-state index in [4.69, 9.17) is 4.74 Å². The molecule has 0 fully saturated rings. The Kier molecular flexibility index (Phi) is 3.53. The molecule has 1 heterocycles. The van der Waals surface area contributed by atoms with Crippen molar-refractivity contribution in [2.75, 3.05) is 12.4 Å². The predicted octanol–water partition coefficient (Wildman–Crippen LogP) is 3.70. The molecular weight excluding hydrogens is 291 g/mol. The molecule has 2 aromatic carbocycles. The Bertz CT molecular complexity index is 816. The lowest BCUT2D eigenvalue weighted by molar-refractivity contribution is 0.102. The van der Waals surface area contributed by atoms with Crippen LogP contribution in [0.3, 0.4) is 0 Å². The number of anilines is 1. The molecule has 6 heteroatoms. The minimum Gasteiger partial charge on any atom is -0.497 e.